The Morgan fingerprint density at radius 1 is 1.10 bits per heavy atom. The summed E-state index contributed by atoms with van der Waals surface area (Å²) in [7, 11) is 0. The first-order chi connectivity index (χ1) is 14.4. The molecule has 0 saturated heterocycles. The Bertz CT molecular complexity index is 1190. The third-order valence-corrected chi connectivity index (χ3v) is 5.72. The van der Waals surface area contributed by atoms with Gasteiger partial charge in [0.25, 0.3) is 0 Å². The highest BCUT2D eigenvalue weighted by molar-refractivity contribution is 6.03. The number of rotatable bonds is 2. The van der Waals surface area contributed by atoms with E-state index in [-0.39, 0.29) is 17.2 Å². The van der Waals surface area contributed by atoms with Gasteiger partial charge in [0.05, 0.1) is 0 Å². The molecule has 1 atom stereocenters. The predicted octanol–water partition coefficient (Wildman–Crippen LogP) is 4.89. The zero-order valence-electron chi connectivity index (χ0n) is 17.3. The van der Waals surface area contributed by atoms with Crippen molar-refractivity contribution in [1.82, 2.24) is 10.3 Å². The van der Waals surface area contributed by atoms with E-state index in [0.717, 1.165) is 34.3 Å². The summed E-state index contributed by atoms with van der Waals surface area (Å²) in [6.07, 6.45) is 1.31. The Hall–Kier alpha value is -3.41. The first-order valence-corrected chi connectivity index (χ1v) is 10.2. The van der Waals surface area contributed by atoms with Gasteiger partial charge in [0.1, 0.15) is 11.6 Å². The van der Waals surface area contributed by atoms with Crippen molar-refractivity contribution >= 4 is 28.9 Å². The van der Waals surface area contributed by atoms with E-state index >= 15 is 0 Å². The number of para-hydroxylation sites is 2. The lowest BCUT2D eigenvalue weighted by Crippen LogP contribution is -2.42. The smallest absolute Gasteiger partial charge is 0.302 e. The highest BCUT2D eigenvalue weighted by Gasteiger charge is 2.39. The Kier molecular flexibility index (Phi) is 4.24. The number of hydrogen-bond acceptors (Lipinski definition) is 6. The molecule has 3 aromatic rings. The van der Waals surface area contributed by atoms with E-state index in [9.17, 15) is 4.79 Å². The van der Waals surface area contributed by atoms with Crippen LogP contribution in [0.1, 0.15) is 43.9 Å². The van der Waals surface area contributed by atoms with Gasteiger partial charge in [-0.3, -0.25) is 10.1 Å². The summed E-state index contributed by atoms with van der Waals surface area (Å²) in [4.78, 5) is 22.5. The standard InChI is InChI=1S/C24H24N4O2/c1-14-8-4-5-9-15(14)21-20-17(12-24(2,3)13-18(20)29)25-22(27-21)28-23-26-16-10-6-7-11-19(16)30-23/h4-11,21H,12-13H2,1-3H3,(H2,25,26,27,28)/t21-/m0/s1. The minimum Gasteiger partial charge on any atom is -0.423 e. The van der Waals surface area contributed by atoms with E-state index < -0.39 is 0 Å². The number of ketones is 1. The molecule has 0 spiro atoms. The van der Waals surface area contributed by atoms with Gasteiger partial charge < -0.3 is 9.73 Å². The maximum Gasteiger partial charge on any atom is 0.302 e. The summed E-state index contributed by atoms with van der Waals surface area (Å²) in [5.74, 6) is 0.700. The number of benzene rings is 2. The summed E-state index contributed by atoms with van der Waals surface area (Å²) in [6, 6.07) is 15.7. The number of fused-ring (bicyclic) bond motifs is 1. The summed E-state index contributed by atoms with van der Waals surface area (Å²) >= 11 is 0. The van der Waals surface area contributed by atoms with Crippen molar-refractivity contribution < 1.29 is 9.21 Å². The number of nitrogens with zero attached hydrogens (tertiary/aromatic N) is 2. The molecule has 0 saturated carbocycles. The molecule has 1 aliphatic heterocycles. The van der Waals surface area contributed by atoms with Crippen LogP contribution < -0.4 is 10.6 Å². The molecule has 0 fully saturated rings. The number of hydrogen-bond donors (Lipinski definition) is 2. The average Bonchev–Trinajstić information content (AvgIpc) is 3.08. The lowest BCUT2D eigenvalue weighted by Gasteiger charge is -2.37. The van der Waals surface area contributed by atoms with Gasteiger partial charge in [-0.25, -0.2) is 4.99 Å². The van der Waals surface area contributed by atoms with E-state index in [2.05, 4.69) is 42.5 Å². The van der Waals surface area contributed by atoms with E-state index in [4.69, 9.17) is 9.41 Å². The zero-order chi connectivity index (χ0) is 20.9. The van der Waals surface area contributed by atoms with Gasteiger partial charge >= 0.3 is 6.01 Å². The lowest BCUT2D eigenvalue weighted by molar-refractivity contribution is -0.118. The number of guanidine groups is 1. The molecular formula is C24H24N4O2. The number of aromatic nitrogens is 1. The molecule has 152 valence electrons. The molecule has 30 heavy (non-hydrogen) atoms. The number of anilines is 1. The van der Waals surface area contributed by atoms with Crippen molar-refractivity contribution in [1.29, 1.82) is 0 Å². The molecule has 2 heterocycles. The van der Waals surface area contributed by atoms with Gasteiger partial charge in [-0.15, -0.1) is 0 Å². The molecule has 6 heteroatoms. The number of aryl methyl sites for hydroxylation is 1. The monoisotopic (exact) mass is 400 g/mol. The Labute approximate surface area is 175 Å². The highest BCUT2D eigenvalue weighted by atomic mass is 16.4. The summed E-state index contributed by atoms with van der Waals surface area (Å²) < 4.78 is 5.81. The molecule has 2 aliphatic rings. The van der Waals surface area contributed by atoms with Crippen molar-refractivity contribution in [2.24, 2.45) is 10.4 Å². The average molecular weight is 400 g/mol. The van der Waals surface area contributed by atoms with Crippen LogP contribution in [0, 0.1) is 12.3 Å². The number of oxazole rings is 1. The number of aliphatic imine (C=N–C) groups is 1. The second kappa shape index (κ2) is 6.83. The Balaban J connectivity index is 1.56. The van der Waals surface area contributed by atoms with Gasteiger partial charge in [-0.05, 0) is 42.0 Å². The second-order valence-electron chi connectivity index (χ2n) is 8.81. The zero-order valence-corrected chi connectivity index (χ0v) is 17.3. The maximum absolute atomic E-state index is 13.1. The number of nitrogens with one attached hydrogen (secondary N) is 2. The van der Waals surface area contributed by atoms with Crippen molar-refractivity contribution in [2.75, 3.05) is 5.32 Å². The normalized spacial score (nSPS) is 20.6. The Morgan fingerprint density at radius 3 is 2.67 bits per heavy atom. The maximum atomic E-state index is 13.1. The van der Waals surface area contributed by atoms with Crippen LogP contribution in [-0.4, -0.2) is 16.7 Å². The molecule has 0 radical (unpaired) electrons. The minimum absolute atomic E-state index is 0.0980. The van der Waals surface area contributed by atoms with Gasteiger partial charge in [0.2, 0.25) is 5.96 Å². The SMILES string of the molecule is Cc1ccccc1[C@@H]1N=C(Nc2nc3ccccc3o2)NC2=C1C(=O)CC(C)(C)C2. The van der Waals surface area contributed by atoms with Crippen LogP contribution in [0.4, 0.5) is 6.01 Å². The van der Waals surface area contributed by atoms with Crippen LogP contribution in [-0.2, 0) is 4.79 Å². The van der Waals surface area contributed by atoms with Crippen molar-refractivity contribution in [3.8, 4) is 0 Å². The largest absolute Gasteiger partial charge is 0.423 e. The van der Waals surface area contributed by atoms with Gasteiger partial charge in [0.15, 0.2) is 11.4 Å². The van der Waals surface area contributed by atoms with Gasteiger partial charge in [0, 0.05) is 17.7 Å². The minimum atomic E-state index is -0.349. The van der Waals surface area contributed by atoms with Crippen LogP contribution in [0.2, 0.25) is 0 Å². The van der Waals surface area contributed by atoms with Crippen molar-refractivity contribution in [3.63, 3.8) is 0 Å². The quantitative estimate of drug-likeness (QED) is 0.640. The highest BCUT2D eigenvalue weighted by Crippen LogP contribution is 2.43. The fourth-order valence-corrected chi connectivity index (χ4v) is 4.34. The third kappa shape index (κ3) is 3.28. The number of allylic oxidation sites excluding steroid dienone is 1. The van der Waals surface area contributed by atoms with E-state index in [1.54, 1.807) is 0 Å². The lowest BCUT2D eigenvalue weighted by atomic mass is 9.73. The third-order valence-electron chi connectivity index (χ3n) is 5.72. The van der Waals surface area contributed by atoms with Crippen molar-refractivity contribution in [2.45, 2.75) is 39.7 Å². The number of carbonyl (C=O) groups is 1. The summed E-state index contributed by atoms with van der Waals surface area (Å²) in [5, 5.41) is 6.53. The molecule has 0 bridgehead atoms. The van der Waals surface area contributed by atoms with Crippen LogP contribution in [0.5, 0.6) is 0 Å². The van der Waals surface area contributed by atoms with E-state index in [1.807, 2.05) is 42.5 Å². The van der Waals surface area contributed by atoms with Crippen LogP contribution in [0.25, 0.3) is 11.1 Å². The molecule has 2 aromatic carbocycles. The van der Waals surface area contributed by atoms with Crippen LogP contribution >= 0.6 is 0 Å². The molecular weight excluding hydrogens is 376 g/mol. The topological polar surface area (TPSA) is 79.5 Å². The van der Waals surface area contributed by atoms with Gasteiger partial charge in [-0.1, -0.05) is 50.2 Å². The van der Waals surface area contributed by atoms with E-state index in [0.29, 0.717) is 24.0 Å². The van der Waals surface area contributed by atoms with Gasteiger partial charge in [-0.2, -0.15) is 4.98 Å². The fourth-order valence-electron chi connectivity index (χ4n) is 4.34. The molecule has 0 amide bonds. The van der Waals surface area contributed by atoms with Crippen LogP contribution in [0.3, 0.4) is 0 Å². The second-order valence-corrected chi connectivity index (χ2v) is 8.81. The Morgan fingerprint density at radius 2 is 1.87 bits per heavy atom. The first kappa shape index (κ1) is 18.6. The molecule has 5 rings (SSSR count). The summed E-state index contributed by atoms with van der Waals surface area (Å²) in [6.45, 7) is 6.30. The van der Waals surface area contributed by atoms with Crippen molar-refractivity contribution in [3.05, 3.63) is 70.9 Å². The number of Topliss-reactive ketones (excluding diaryl/α,β-unsaturated/α-hetero) is 1. The van der Waals surface area contributed by atoms with E-state index in [1.165, 1.54) is 0 Å². The molecule has 1 aromatic heterocycles. The fraction of sp³-hybridized carbons (Fsp3) is 0.292. The molecule has 0 unspecified atom stereocenters. The van der Waals surface area contributed by atoms with Crippen LogP contribution in [0.15, 0.2) is 69.2 Å². The predicted molar refractivity (Wildman–Crippen MR) is 117 cm³/mol. The number of carbonyl (C=O) groups excluding carboxylic acids is 1. The molecule has 2 N–H and O–H groups in total. The molecule has 6 nitrogen and oxygen atoms in total. The molecule has 1 aliphatic carbocycles. The first-order valence-electron chi connectivity index (χ1n) is 10.2. The summed E-state index contributed by atoms with van der Waals surface area (Å²) in [5.41, 5.74) is 5.24.